The van der Waals surface area contributed by atoms with Gasteiger partial charge >= 0.3 is 0 Å². The molecule has 0 N–H and O–H groups in total. The molecule has 3 heteroatoms. The van der Waals surface area contributed by atoms with Gasteiger partial charge in [-0.05, 0) is 18.1 Å². The molecule has 0 saturated carbocycles. The Balaban J connectivity index is 2.80. The van der Waals surface area contributed by atoms with E-state index < -0.39 is 0 Å². The van der Waals surface area contributed by atoms with Crippen molar-refractivity contribution in [2.75, 3.05) is 18.5 Å². The Bertz CT molecular complexity index is 339. The van der Waals surface area contributed by atoms with Gasteiger partial charge in [-0.25, -0.2) is 4.98 Å². The second-order valence-corrected chi connectivity index (χ2v) is 3.79. The highest BCUT2D eigenvalue weighted by atomic mass is 15.1. The third kappa shape index (κ3) is 2.74. The first-order chi connectivity index (χ1) is 6.63. The van der Waals surface area contributed by atoms with Gasteiger partial charge in [0.05, 0.1) is 0 Å². The van der Waals surface area contributed by atoms with Crippen molar-refractivity contribution in [2.45, 2.75) is 13.8 Å². The lowest BCUT2D eigenvalue weighted by atomic mass is 10.2. The predicted octanol–water partition coefficient (Wildman–Crippen LogP) is 2.05. The molecule has 0 fully saturated rings. The van der Waals surface area contributed by atoms with Crippen molar-refractivity contribution in [1.82, 2.24) is 4.98 Å². The minimum atomic E-state index is 0.470. The molecule has 0 saturated heterocycles. The molecule has 1 aromatic heterocycles. The van der Waals surface area contributed by atoms with E-state index in [4.69, 9.17) is 5.26 Å². The van der Waals surface area contributed by atoms with Gasteiger partial charge in [0.25, 0.3) is 0 Å². The molecule has 1 heterocycles. The standard InChI is InChI=1S/C11H15N3/c1-9(2)8-14(3)11-4-5-13-10(6-11)7-12/h4-6,9H,8H2,1-3H3. The monoisotopic (exact) mass is 189 g/mol. The molecular formula is C11H15N3. The fourth-order valence-electron chi connectivity index (χ4n) is 1.37. The highest BCUT2D eigenvalue weighted by molar-refractivity contribution is 5.47. The second-order valence-electron chi connectivity index (χ2n) is 3.79. The maximum absolute atomic E-state index is 8.69. The van der Waals surface area contributed by atoms with E-state index in [-0.39, 0.29) is 0 Å². The lowest BCUT2D eigenvalue weighted by Gasteiger charge is -2.21. The maximum Gasteiger partial charge on any atom is 0.142 e. The summed E-state index contributed by atoms with van der Waals surface area (Å²) in [7, 11) is 2.02. The summed E-state index contributed by atoms with van der Waals surface area (Å²) in [4.78, 5) is 6.06. The first-order valence-corrected chi connectivity index (χ1v) is 4.70. The molecule has 0 aliphatic carbocycles. The molecule has 0 unspecified atom stereocenters. The van der Waals surface area contributed by atoms with Crippen LogP contribution in [0.5, 0.6) is 0 Å². The van der Waals surface area contributed by atoms with Gasteiger partial charge in [0.1, 0.15) is 11.8 Å². The highest BCUT2D eigenvalue weighted by Crippen LogP contribution is 2.13. The predicted molar refractivity (Wildman–Crippen MR) is 57.1 cm³/mol. The Kier molecular flexibility index (Phi) is 3.47. The molecule has 14 heavy (non-hydrogen) atoms. The van der Waals surface area contributed by atoms with Gasteiger partial charge < -0.3 is 4.90 Å². The smallest absolute Gasteiger partial charge is 0.142 e. The largest absolute Gasteiger partial charge is 0.374 e. The Morgan fingerprint density at radius 2 is 2.29 bits per heavy atom. The van der Waals surface area contributed by atoms with E-state index in [0.717, 1.165) is 12.2 Å². The summed E-state index contributed by atoms with van der Waals surface area (Å²) in [6, 6.07) is 5.77. The number of pyridine rings is 1. The summed E-state index contributed by atoms with van der Waals surface area (Å²) < 4.78 is 0. The molecule has 74 valence electrons. The van der Waals surface area contributed by atoms with Crippen molar-refractivity contribution < 1.29 is 0 Å². The van der Waals surface area contributed by atoms with Crippen LogP contribution in [0, 0.1) is 17.2 Å². The zero-order valence-corrected chi connectivity index (χ0v) is 8.86. The number of hydrogen-bond donors (Lipinski definition) is 0. The fraction of sp³-hybridized carbons (Fsp3) is 0.455. The van der Waals surface area contributed by atoms with Crippen LogP contribution in [0.15, 0.2) is 18.3 Å². The van der Waals surface area contributed by atoms with Crippen LogP contribution in [0.1, 0.15) is 19.5 Å². The molecule has 0 radical (unpaired) electrons. The van der Waals surface area contributed by atoms with Crippen LogP contribution >= 0.6 is 0 Å². The zero-order chi connectivity index (χ0) is 10.6. The van der Waals surface area contributed by atoms with Crippen molar-refractivity contribution in [2.24, 2.45) is 5.92 Å². The Morgan fingerprint density at radius 3 is 2.86 bits per heavy atom. The first kappa shape index (κ1) is 10.5. The normalized spacial score (nSPS) is 9.93. The Morgan fingerprint density at radius 1 is 1.57 bits per heavy atom. The van der Waals surface area contributed by atoms with Crippen molar-refractivity contribution >= 4 is 5.69 Å². The molecule has 3 nitrogen and oxygen atoms in total. The van der Waals surface area contributed by atoms with Crippen LogP contribution in [-0.4, -0.2) is 18.6 Å². The van der Waals surface area contributed by atoms with Crippen molar-refractivity contribution in [1.29, 1.82) is 5.26 Å². The summed E-state index contributed by atoms with van der Waals surface area (Å²) in [5.74, 6) is 0.610. The molecule has 0 aromatic carbocycles. The third-order valence-corrected chi connectivity index (χ3v) is 1.94. The van der Waals surface area contributed by atoms with Gasteiger partial charge in [0.15, 0.2) is 0 Å². The molecule has 0 spiro atoms. The summed E-state index contributed by atoms with van der Waals surface area (Å²) >= 11 is 0. The average molecular weight is 189 g/mol. The summed E-state index contributed by atoms with van der Waals surface area (Å²) in [5.41, 5.74) is 1.52. The van der Waals surface area contributed by atoms with E-state index in [1.54, 1.807) is 6.20 Å². The Hall–Kier alpha value is -1.56. The summed E-state index contributed by atoms with van der Waals surface area (Å²) in [6.07, 6.45) is 1.67. The van der Waals surface area contributed by atoms with Crippen LogP contribution in [0.3, 0.4) is 0 Å². The molecule has 0 atom stereocenters. The number of hydrogen-bond acceptors (Lipinski definition) is 3. The number of rotatable bonds is 3. The van der Waals surface area contributed by atoms with E-state index in [0.29, 0.717) is 11.6 Å². The molecule has 0 aliphatic heterocycles. The molecule has 0 amide bonds. The quantitative estimate of drug-likeness (QED) is 0.730. The maximum atomic E-state index is 8.69. The molecule has 0 aliphatic rings. The van der Waals surface area contributed by atoms with Crippen LogP contribution in [0.2, 0.25) is 0 Å². The number of nitrogens with zero attached hydrogens (tertiary/aromatic N) is 3. The van der Waals surface area contributed by atoms with Crippen molar-refractivity contribution in [3.63, 3.8) is 0 Å². The van der Waals surface area contributed by atoms with Crippen LogP contribution < -0.4 is 4.90 Å². The minimum Gasteiger partial charge on any atom is -0.374 e. The molecular weight excluding hydrogens is 174 g/mol. The van der Waals surface area contributed by atoms with E-state index in [1.165, 1.54) is 0 Å². The summed E-state index contributed by atoms with van der Waals surface area (Å²) in [5, 5.41) is 8.69. The van der Waals surface area contributed by atoms with Gasteiger partial charge in [-0.3, -0.25) is 0 Å². The zero-order valence-electron chi connectivity index (χ0n) is 8.86. The topological polar surface area (TPSA) is 39.9 Å². The SMILES string of the molecule is CC(C)CN(C)c1ccnc(C#N)c1. The molecule has 1 aromatic rings. The number of nitriles is 1. The van der Waals surface area contributed by atoms with Crippen LogP contribution in [-0.2, 0) is 0 Å². The number of anilines is 1. The van der Waals surface area contributed by atoms with Crippen molar-refractivity contribution in [3.8, 4) is 6.07 Å². The van der Waals surface area contributed by atoms with E-state index in [1.807, 2.05) is 25.2 Å². The molecule has 1 rings (SSSR count). The second kappa shape index (κ2) is 4.61. The van der Waals surface area contributed by atoms with Gasteiger partial charge in [-0.2, -0.15) is 5.26 Å². The van der Waals surface area contributed by atoms with E-state index >= 15 is 0 Å². The third-order valence-electron chi connectivity index (χ3n) is 1.94. The summed E-state index contributed by atoms with van der Waals surface area (Å²) in [6.45, 7) is 5.32. The first-order valence-electron chi connectivity index (χ1n) is 4.70. The van der Waals surface area contributed by atoms with Crippen molar-refractivity contribution in [3.05, 3.63) is 24.0 Å². The Labute approximate surface area is 85.0 Å². The molecule has 0 bridgehead atoms. The van der Waals surface area contributed by atoms with Gasteiger partial charge in [0, 0.05) is 25.5 Å². The average Bonchev–Trinajstić information content (AvgIpc) is 2.17. The number of aromatic nitrogens is 1. The van der Waals surface area contributed by atoms with Crippen LogP contribution in [0.25, 0.3) is 0 Å². The van der Waals surface area contributed by atoms with Gasteiger partial charge in [-0.15, -0.1) is 0 Å². The highest BCUT2D eigenvalue weighted by Gasteiger charge is 2.04. The lowest BCUT2D eigenvalue weighted by molar-refractivity contribution is 0.638. The fourth-order valence-corrected chi connectivity index (χ4v) is 1.37. The lowest BCUT2D eigenvalue weighted by Crippen LogP contribution is -2.22. The van der Waals surface area contributed by atoms with Gasteiger partial charge in [-0.1, -0.05) is 13.8 Å². The van der Waals surface area contributed by atoms with E-state index in [2.05, 4.69) is 23.7 Å². The van der Waals surface area contributed by atoms with Gasteiger partial charge in [0.2, 0.25) is 0 Å². The minimum absolute atomic E-state index is 0.470. The van der Waals surface area contributed by atoms with Crippen LogP contribution in [0.4, 0.5) is 5.69 Å². The van der Waals surface area contributed by atoms with E-state index in [9.17, 15) is 0 Å².